The van der Waals surface area contributed by atoms with Crippen LogP contribution in [0.4, 0.5) is 5.82 Å². The third-order valence-electron chi connectivity index (χ3n) is 2.94. The number of hydrogen-bond donors (Lipinski definition) is 1. The van der Waals surface area contributed by atoms with E-state index in [0.29, 0.717) is 11.2 Å². The number of nitrogens with zero attached hydrogens (tertiary/aromatic N) is 2. The molecule has 3 nitrogen and oxygen atoms in total. The minimum absolute atomic E-state index is 0.428. The molecule has 1 rings (SSSR count). The second-order valence-electron chi connectivity index (χ2n) is 4.74. The third-order valence-corrected chi connectivity index (χ3v) is 3.14. The molecule has 18 heavy (non-hydrogen) atoms. The fourth-order valence-corrected chi connectivity index (χ4v) is 2.10. The average molecular weight is 270 g/mol. The molecule has 102 valence electrons. The number of nitrogens with one attached hydrogen (secondary N) is 1. The first-order chi connectivity index (χ1) is 8.65. The number of halogens is 1. The topological polar surface area (TPSA) is 37.8 Å². The van der Waals surface area contributed by atoms with Crippen LogP contribution in [0.3, 0.4) is 0 Å². The minimum Gasteiger partial charge on any atom is -0.367 e. The molecule has 1 aromatic rings. The van der Waals surface area contributed by atoms with Crippen molar-refractivity contribution in [2.24, 2.45) is 0 Å². The normalized spacial score (nSPS) is 12.4. The van der Waals surface area contributed by atoms with Crippen LogP contribution in [-0.2, 0) is 6.42 Å². The van der Waals surface area contributed by atoms with E-state index in [1.807, 2.05) is 6.92 Å². The van der Waals surface area contributed by atoms with Gasteiger partial charge >= 0.3 is 0 Å². The zero-order chi connectivity index (χ0) is 13.4. The van der Waals surface area contributed by atoms with Crippen LogP contribution >= 0.6 is 11.6 Å². The Morgan fingerprint density at radius 2 is 2.00 bits per heavy atom. The predicted molar refractivity (Wildman–Crippen MR) is 78.3 cm³/mol. The molecule has 0 aromatic carbocycles. The zero-order valence-corrected chi connectivity index (χ0v) is 12.4. The zero-order valence-electron chi connectivity index (χ0n) is 11.7. The summed E-state index contributed by atoms with van der Waals surface area (Å²) >= 11 is 5.97. The predicted octanol–water partition coefficient (Wildman–Crippen LogP) is 4.46. The molecule has 1 unspecified atom stereocenters. The first-order valence-corrected chi connectivity index (χ1v) is 7.33. The van der Waals surface area contributed by atoms with Crippen molar-refractivity contribution >= 4 is 17.4 Å². The lowest BCUT2D eigenvalue weighted by Crippen LogP contribution is -2.16. The van der Waals surface area contributed by atoms with Gasteiger partial charge in [0.05, 0.1) is 0 Å². The summed E-state index contributed by atoms with van der Waals surface area (Å²) in [6.45, 7) is 6.45. The van der Waals surface area contributed by atoms with E-state index >= 15 is 0 Å². The Morgan fingerprint density at radius 3 is 2.67 bits per heavy atom. The lowest BCUT2D eigenvalue weighted by Gasteiger charge is -2.15. The van der Waals surface area contributed by atoms with Crippen molar-refractivity contribution in [1.82, 2.24) is 9.97 Å². The van der Waals surface area contributed by atoms with Crippen molar-refractivity contribution in [3.63, 3.8) is 0 Å². The molecule has 1 N–H and O–H groups in total. The molecule has 0 saturated heterocycles. The second-order valence-corrected chi connectivity index (χ2v) is 5.13. The number of rotatable bonds is 8. The molecule has 1 atom stereocenters. The first kappa shape index (κ1) is 15.2. The molecule has 0 saturated carbocycles. The summed E-state index contributed by atoms with van der Waals surface area (Å²) < 4.78 is 0. The van der Waals surface area contributed by atoms with Crippen LogP contribution < -0.4 is 5.32 Å². The Hall–Kier alpha value is -0.830. The van der Waals surface area contributed by atoms with Gasteiger partial charge in [0.25, 0.3) is 0 Å². The Morgan fingerprint density at radius 1 is 1.22 bits per heavy atom. The molecule has 0 amide bonds. The highest BCUT2D eigenvalue weighted by Crippen LogP contribution is 2.15. The Kier molecular flexibility index (Phi) is 7.02. The molecular formula is C14H24ClN3. The summed E-state index contributed by atoms with van der Waals surface area (Å²) in [4.78, 5) is 8.59. The molecule has 0 radical (unpaired) electrons. The highest BCUT2D eigenvalue weighted by Gasteiger charge is 2.05. The molecule has 0 bridgehead atoms. The first-order valence-electron chi connectivity index (χ1n) is 6.95. The Bertz CT molecular complexity index is 355. The van der Waals surface area contributed by atoms with E-state index in [1.54, 1.807) is 6.07 Å². The maximum Gasteiger partial charge on any atom is 0.134 e. The van der Waals surface area contributed by atoms with Gasteiger partial charge in [-0.05, 0) is 13.3 Å². The van der Waals surface area contributed by atoms with Crippen LogP contribution in [0.1, 0.15) is 58.7 Å². The van der Waals surface area contributed by atoms with Gasteiger partial charge < -0.3 is 5.32 Å². The molecule has 1 aromatic heterocycles. The molecule has 0 aliphatic rings. The average Bonchev–Trinajstić information content (AvgIpc) is 2.34. The van der Waals surface area contributed by atoms with Crippen LogP contribution in [0.25, 0.3) is 0 Å². The Labute approximate surface area is 115 Å². The minimum atomic E-state index is 0.428. The molecule has 0 aliphatic carbocycles. The summed E-state index contributed by atoms with van der Waals surface area (Å²) in [6.07, 6.45) is 7.16. The number of anilines is 1. The maximum absolute atomic E-state index is 5.97. The summed E-state index contributed by atoms with van der Waals surface area (Å²) in [5.74, 6) is 1.64. The fourth-order valence-electron chi connectivity index (χ4n) is 1.90. The van der Waals surface area contributed by atoms with Gasteiger partial charge in [0.15, 0.2) is 0 Å². The smallest absolute Gasteiger partial charge is 0.134 e. The van der Waals surface area contributed by atoms with Gasteiger partial charge in [-0.3, -0.25) is 0 Å². The SMILES string of the molecule is CCCCCCC(C)Nc1cc(Cl)nc(CC)n1. The van der Waals surface area contributed by atoms with Gasteiger partial charge in [-0.2, -0.15) is 0 Å². The van der Waals surface area contributed by atoms with Crippen molar-refractivity contribution < 1.29 is 0 Å². The summed E-state index contributed by atoms with van der Waals surface area (Å²) in [5.41, 5.74) is 0. The van der Waals surface area contributed by atoms with Crippen LogP contribution in [0.5, 0.6) is 0 Å². The molecule has 0 spiro atoms. The summed E-state index contributed by atoms with van der Waals surface area (Å²) in [6, 6.07) is 2.22. The van der Waals surface area contributed by atoms with Gasteiger partial charge in [0, 0.05) is 18.5 Å². The molecule has 0 aliphatic heterocycles. The molecule has 4 heteroatoms. The second kappa shape index (κ2) is 8.30. The molecule has 1 heterocycles. The largest absolute Gasteiger partial charge is 0.367 e. The van der Waals surface area contributed by atoms with E-state index in [0.717, 1.165) is 18.1 Å². The van der Waals surface area contributed by atoms with E-state index in [1.165, 1.54) is 32.1 Å². The monoisotopic (exact) mass is 269 g/mol. The maximum atomic E-state index is 5.97. The lowest BCUT2D eigenvalue weighted by molar-refractivity contribution is 0.592. The van der Waals surface area contributed by atoms with Crippen LogP contribution in [0, 0.1) is 0 Å². The number of aromatic nitrogens is 2. The quantitative estimate of drug-likeness (QED) is 0.559. The number of hydrogen-bond acceptors (Lipinski definition) is 3. The van der Waals surface area contributed by atoms with Crippen molar-refractivity contribution in [2.45, 2.75) is 65.3 Å². The summed E-state index contributed by atoms with van der Waals surface area (Å²) in [5, 5.41) is 3.92. The van der Waals surface area contributed by atoms with Crippen molar-refractivity contribution in [1.29, 1.82) is 0 Å². The van der Waals surface area contributed by atoms with E-state index in [2.05, 4.69) is 29.1 Å². The van der Waals surface area contributed by atoms with E-state index in [9.17, 15) is 0 Å². The van der Waals surface area contributed by atoms with Gasteiger partial charge in [-0.1, -0.05) is 51.1 Å². The van der Waals surface area contributed by atoms with Crippen molar-refractivity contribution in [2.75, 3.05) is 5.32 Å². The van der Waals surface area contributed by atoms with Crippen molar-refractivity contribution in [3.8, 4) is 0 Å². The van der Waals surface area contributed by atoms with Crippen molar-refractivity contribution in [3.05, 3.63) is 17.0 Å². The lowest BCUT2D eigenvalue weighted by atomic mass is 10.1. The standard InChI is InChI=1S/C14H24ClN3/c1-4-6-7-8-9-11(3)16-14-10-12(15)17-13(5-2)18-14/h10-11H,4-9H2,1-3H3,(H,16,17,18). The van der Waals surface area contributed by atoms with Crippen LogP contribution in [-0.4, -0.2) is 16.0 Å². The molecular weight excluding hydrogens is 246 g/mol. The third kappa shape index (κ3) is 5.67. The van der Waals surface area contributed by atoms with Gasteiger partial charge in [0.1, 0.15) is 16.8 Å². The van der Waals surface area contributed by atoms with Crippen LogP contribution in [0.2, 0.25) is 5.15 Å². The number of unbranched alkanes of at least 4 members (excludes halogenated alkanes) is 3. The van der Waals surface area contributed by atoms with Gasteiger partial charge in [-0.25, -0.2) is 9.97 Å². The van der Waals surface area contributed by atoms with Gasteiger partial charge in [0.2, 0.25) is 0 Å². The summed E-state index contributed by atoms with van der Waals surface area (Å²) in [7, 11) is 0. The van der Waals surface area contributed by atoms with E-state index < -0.39 is 0 Å². The number of aryl methyl sites for hydroxylation is 1. The Balaban J connectivity index is 2.43. The highest BCUT2D eigenvalue weighted by molar-refractivity contribution is 6.29. The molecule has 0 fully saturated rings. The van der Waals surface area contributed by atoms with Gasteiger partial charge in [-0.15, -0.1) is 0 Å². The van der Waals surface area contributed by atoms with Crippen LogP contribution in [0.15, 0.2) is 6.07 Å². The highest BCUT2D eigenvalue weighted by atomic mass is 35.5. The van der Waals surface area contributed by atoms with E-state index in [4.69, 9.17) is 11.6 Å². The fraction of sp³-hybridized carbons (Fsp3) is 0.714. The van der Waals surface area contributed by atoms with E-state index in [-0.39, 0.29) is 0 Å².